The number of nitrogens with one attached hydrogen (secondary N) is 1. The SMILES string of the molecule is Cn1c(C(=O)N2CCN(Cc3ccccn3)CC2)cc2ccc(Oc3ccc(NC(=O)c4ccc(C(F)(F)F)cc4)cn3)cc21.O=C(O)C(=O)O.O=C(O)C(=O)O. The molecule has 2 amide bonds. The predicted molar refractivity (Wildman–Crippen MR) is 193 cm³/mol. The highest BCUT2D eigenvalue weighted by Gasteiger charge is 2.30. The fourth-order valence-electron chi connectivity index (χ4n) is 5.22. The molecule has 0 aliphatic carbocycles. The Hall–Kier alpha value is -7.35. The Morgan fingerprint density at radius 1 is 0.772 bits per heavy atom. The van der Waals surface area contributed by atoms with Crippen molar-refractivity contribution >= 4 is 52.3 Å². The van der Waals surface area contributed by atoms with Gasteiger partial charge >= 0.3 is 30.1 Å². The van der Waals surface area contributed by atoms with Gasteiger partial charge in [-0.05, 0) is 60.7 Å². The summed E-state index contributed by atoms with van der Waals surface area (Å²) in [7, 11) is 1.85. The minimum Gasteiger partial charge on any atom is -0.473 e. The number of fused-ring (bicyclic) bond motifs is 1. The number of pyridine rings is 2. The van der Waals surface area contributed by atoms with Gasteiger partial charge in [0.05, 0.1) is 28.7 Å². The molecule has 1 aliphatic heterocycles. The molecular formula is C37H33F3N6O11. The molecule has 17 nitrogen and oxygen atoms in total. The summed E-state index contributed by atoms with van der Waals surface area (Å²) in [6.07, 6.45) is -1.29. The molecule has 0 atom stereocenters. The molecule has 6 rings (SSSR count). The van der Waals surface area contributed by atoms with Gasteiger partial charge in [0, 0.05) is 69.1 Å². The van der Waals surface area contributed by atoms with Crippen molar-refractivity contribution < 1.29 is 67.1 Å². The van der Waals surface area contributed by atoms with Crippen molar-refractivity contribution in [1.82, 2.24) is 24.3 Å². The molecule has 0 bridgehead atoms. The summed E-state index contributed by atoms with van der Waals surface area (Å²) >= 11 is 0. The van der Waals surface area contributed by atoms with Crippen LogP contribution in [0.5, 0.6) is 11.6 Å². The van der Waals surface area contributed by atoms with Crippen LogP contribution in [0.4, 0.5) is 18.9 Å². The van der Waals surface area contributed by atoms with Crippen molar-refractivity contribution in [2.75, 3.05) is 31.5 Å². The van der Waals surface area contributed by atoms with Gasteiger partial charge < -0.3 is 39.9 Å². The number of hydrogen-bond donors (Lipinski definition) is 5. The third-order valence-electron chi connectivity index (χ3n) is 8.06. The fourth-order valence-corrected chi connectivity index (χ4v) is 5.22. The summed E-state index contributed by atoms with van der Waals surface area (Å²) < 4.78 is 46.1. The molecule has 3 aromatic heterocycles. The van der Waals surface area contributed by atoms with Gasteiger partial charge in [0.2, 0.25) is 5.88 Å². The number of anilines is 1. The molecule has 2 aromatic carbocycles. The number of aliphatic carboxylic acids is 4. The van der Waals surface area contributed by atoms with Gasteiger partial charge in [-0.3, -0.25) is 19.5 Å². The molecule has 0 saturated carbocycles. The van der Waals surface area contributed by atoms with Crippen molar-refractivity contribution in [3.63, 3.8) is 0 Å². The van der Waals surface area contributed by atoms with Crippen LogP contribution in [0.3, 0.4) is 0 Å². The van der Waals surface area contributed by atoms with E-state index in [1.54, 1.807) is 24.4 Å². The first-order valence-corrected chi connectivity index (χ1v) is 16.5. The lowest BCUT2D eigenvalue weighted by atomic mass is 10.1. The molecule has 0 radical (unpaired) electrons. The zero-order valence-electron chi connectivity index (χ0n) is 29.7. The maximum atomic E-state index is 13.4. The van der Waals surface area contributed by atoms with E-state index >= 15 is 0 Å². The molecule has 1 aliphatic rings. The van der Waals surface area contributed by atoms with Crippen LogP contribution in [0.2, 0.25) is 0 Å². The Labute approximate surface area is 320 Å². The number of carbonyl (C=O) groups excluding carboxylic acids is 2. The van der Waals surface area contributed by atoms with E-state index in [2.05, 4.69) is 20.2 Å². The smallest absolute Gasteiger partial charge is 0.416 e. The second-order valence-electron chi connectivity index (χ2n) is 11.9. The third-order valence-corrected chi connectivity index (χ3v) is 8.06. The van der Waals surface area contributed by atoms with E-state index in [0.29, 0.717) is 30.2 Å². The van der Waals surface area contributed by atoms with Gasteiger partial charge in [-0.2, -0.15) is 13.2 Å². The van der Waals surface area contributed by atoms with Crippen molar-refractivity contribution in [1.29, 1.82) is 0 Å². The van der Waals surface area contributed by atoms with E-state index in [4.69, 9.17) is 44.3 Å². The number of aryl methyl sites for hydroxylation is 1. The van der Waals surface area contributed by atoms with Crippen LogP contribution in [-0.2, 0) is 38.9 Å². The number of ether oxygens (including phenoxy) is 1. The topological polar surface area (TPSA) is 242 Å². The summed E-state index contributed by atoms with van der Waals surface area (Å²) in [5.41, 5.74) is 2.03. The third kappa shape index (κ3) is 12.1. The van der Waals surface area contributed by atoms with Crippen LogP contribution in [0.1, 0.15) is 32.1 Å². The predicted octanol–water partition coefficient (Wildman–Crippen LogP) is 4.30. The zero-order chi connectivity index (χ0) is 41.9. The number of rotatable bonds is 7. The number of carboxylic acid groups (broad SMARTS) is 4. The average Bonchev–Trinajstić information content (AvgIpc) is 3.51. The van der Waals surface area contributed by atoms with E-state index in [9.17, 15) is 22.8 Å². The molecule has 0 spiro atoms. The Kier molecular flexibility index (Phi) is 14.0. The second-order valence-corrected chi connectivity index (χ2v) is 11.9. The maximum Gasteiger partial charge on any atom is 0.416 e. The lowest BCUT2D eigenvalue weighted by Crippen LogP contribution is -2.48. The first kappa shape index (κ1) is 42.4. The first-order chi connectivity index (χ1) is 26.9. The maximum absolute atomic E-state index is 13.4. The minimum atomic E-state index is -4.48. The van der Waals surface area contributed by atoms with Gasteiger partial charge in [0.25, 0.3) is 11.8 Å². The summed E-state index contributed by atoms with van der Waals surface area (Å²) in [4.78, 5) is 75.1. The Balaban J connectivity index is 0.000000524. The molecule has 1 saturated heterocycles. The van der Waals surface area contributed by atoms with Crippen LogP contribution >= 0.6 is 0 Å². The monoisotopic (exact) mass is 794 g/mol. The van der Waals surface area contributed by atoms with Crippen molar-refractivity contribution in [3.05, 3.63) is 114 Å². The number of carboxylic acids is 4. The first-order valence-electron chi connectivity index (χ1n) is 16.5. The number of aromatic nitrogens is 3. The number of piperazine rings is 1. The standard InChI is InChI=1S/C33H29F3N6O3.2C2H2O4/c1-40-28-19-27(45-30-12-10-25(20-38-30)39-31(43)22-5-8-24(9-6-22)33(34,35)36)11-7-23(28)18-29(40)32(44)42-16-14-41(15-17-42)21-26-4-2-3-13-37-26;2*3-1(4)2(5)6/h2-13,18-20H,14-17,21H2,1H3,(H,39,43);2*(H,3,4)(H,5,6). The lowest BCUT2D eigenvalue weighted by molar-refractivity contribution is -0.159. The van der Waals surface area contributed by atoms with Crippen LogP contribution < -0.4 is 10.1 Å². The highest BCUT2D eigenvalue weighted by Crippen LogP contribution is 2.30. The summed E-state index contributed by atoms with van der Waals surface area (Å²) in [5.74, 6) is -7.10. The number of alkyl halides is 3. The normalized spacial score (nSPS) is 12.6. The molecule has 298 valence electrons. The summed E-state index contributed by atoms with van der Waals surface area (Å²) in [6, 6.07) is 20.4. The molecule has 0 unspecified atom stereocenters. The van der Waals surface area contributed by atoms with Crippen LogP contribution in [0.15, 0.2) is 91.3 Å². The number of hydrogen-bond acceptors (Lipinski definition) is 10. The van der Waals surface area contributed by atoms with Crippen LogP contribution in [-0.4, -0.2) is 107 Å². The van der Waals surface area contributed by atoms with Crippen molar-refractivity contribution in [3.8, 4) is 11.6 Å². The number of nitrogens with zero attached hydrogens (tertiary/aromatic N) is 5. The number of halogens is 3. The molecule has 1 fully saturated rings. The fraction of sp³-hybridized carbons (Fsp3) is 0.189. The average molecular weight is 795 g/mol. The largest absolute Gasteiger partial charge is 0.473 e. The van der Waals surface area contributed by atoms with E-state index in [1.807, 2.05) is 52.9 Å². The minimum absolute atomic E-state index is 0.0238. The van der Waals surface area contributed by atoms with Gasteiger partial charge in [-0.25, -0.2) is 24.2 Å². The summed E-state index contributed by atoms with van der Waals surface area (Å²) in [6.45, 7) is 3.57. The summed E-state index contributed by atoms with van der Waals surface area (Å²) in [5, 5.41) is 33.1. The molecule has 5 N–H and O–H groups in total. The number of amides is 2. The van der Waals surface area contributed by atoms with Gasteiger partial charge in [0.15, 0.2) is 0 Å². The van der Waals surface area contributed by atoms with Crippen LogP contribution in [0, 0.1) is 0 Å². The second kappa shape index (κ2) is 18.8. The molecule has 5 aromatic rings. The van der Waals surface area contributed by atoms with Crippen LogP contribution in [0.25, 0.3) is 10.9 Å². The molecule has 20 heteroatoms. The van der Waals surface area contributed by atoms with Crippen molar-refractivity contribution in [2.24, 2.45) is 7.05 Å². The van der Waals surface area contributed by atoms with E-state index in [-0.39, 0.29) is 17.4 Å². The van der Waals surface area contributed by atoms with Gasteiger partial charge in [0.1, 0.15) is 11.4 Å². The Morgan fingerprint density at radius 2 is 1.40 bits per heavy atom. The Morgan fingerprint density at radius 3 is 1.93 bits per heavy atom. The number of carbonyl (C=O) groups is 6. The molecular weight excluding hydrogens is 761 g/mol. The van der Waals surface area contributed by atoms with E-state index in [1.165, 1.54) is 6.20 Å². The highest BCUT2D eigenvalue weighted by atomic mass is 19.4. The lowest BCUT2D eigenvalue weighted by Gasteiger charge is -2.34. The quantitative estimate of drug-likeness (QED) is 0.144. The van der Waals surface area contributed by atoms with E-state index in [0.717, 1.165) is 60.5 Å². The number of benzene rings is 2. The van der Waals surface area contributed by atoms with Gasteiger partial charge in [-0.15, -0.1) is 0 Å². The van der Waals surface area contributed by atoms with Gasteiger partial charge in [-0.1, -0.05) is 6.07 Å². The Bertz CT molecular complexity index is 2190. The van der Waals surface area contributed by atoms with E-state index < -0.39 is 41.5 Å². The zero-order valence-corrected chi connectivity index (χ0v) is 29.7. The molecule has 4 heterocycles. The van der Waals surface area contributed by atoms with Crippen molar-refractivity contribution in [2.45, 2.75) is 12.7 Å². The highest BCUT2D eigenvalue weighted by molar-refractivity contribution is 6.27. The molecule has 57 heavy (non-hydrogen) atoms.